The monoisotopic (exact) mass is 318 g/mol. The normalized spacial score (nSPS) is 10.7. The van der Waals surface area contributed by atoms with Crippen molar-refractivity contribution in [2.75, 3.05) is 52.8 Å². The van der Waals surface area contributed by atoms with Crippen molar-refractivity contribution in [3.05, 3.63) is 10.7 Å². The minimum atomic E-state index is 0.528. The van der Waals surface area contributed by atoms with E-state index in [1.54, 1.807) is 20.4 Å². The zero-order chi connectivity index (χ0) is 13.4. The molecule has 0 aliphatic rings. The second-order valence-electron chi connectivity index (χ2n) is 3.77. The second-order valence-corrected chi connectivity index (χ2v) is 4.63. The zero-order valence-electron chi connectivity index (χ0n) is 10.9. The van der Waals surface area contributed by atoms with Crippen molar-refractivity contribution < 1.29 is 9.47 Å². The van der Waals surface area contributed by atoms with Gasteiger partial charge in [-0.1, -0.05) is 0 Å². The molecule has 0 fully saturated rings. The molecule has 6 nitrogen and oxygen atoms in total. The summed E-state index contributed by atoms with van der Waals surface area (Å²) < 4.78 is 10.9. The summed E-state index contributed by atoms with van der Waals surface area (Å²) in [5.74, 6) is 1.09. The van der Waals surface area contributed by atoms with Crippen LogP contribution in [0, 0.1) is 0 Å². The standard InChI is InChI=1S/C11H19BrN4O2/c1-16(6-7-17-2)5-4-13-11-14-8-9(12)10(15-11)18-3/h8H,4-7H2,1-3H3,(H,13,14,15). The van der Waals surface area contributed by atoms with Crippen molar-refractivity contribution >= 4 is 21.9 Å². The van der Waals surface area contributed by atoms with Crippen molar-refractivity contribution in [2.45, 2.75) is 0 Å². The first kappa shape index (κ1) is 15.1. The van der Waals surface area contributed by atoms with E-state index in [9.17, 15) is 0 Å². The molecule has 0 saturated heterocycles. The molecular weight excluding hydrogens is 300 g/mol. The Kier molecular flexibility index (Phi) is 6.92. The van der Waals surface area contributed by atoms with Crippen LogP contribution in [-0.4, -0.2) is 62.4 Å². The van der Waals surface area contributed by atoms with Crippen LogP contribution >= 0.6 is 15.9 Å². The van der Waals surface area contributed by atoms with Crippen molar-refractivity contribution in [3.63, 3.8) is 0 Å². The molecule has 0 unspecified atom stereocenters. The number of hydrogen-bond acceptors (Lipinski definition) is 6. The van der Waals surface area contributed by atoms with Gasteiger partial charge in [-0.25, -0.2) is 4.98 Å². The van der Waals surface area contributed by atoms with Crippen molar-refractivity contribution in [3.8, 4) is 5.88 Å². The van der Waals surface area contributed by atoms with Crippen LogP contribution in [0.25, 0.3) is 0 Å². The van der Waals surface area contributed by atoms with E-state index >= 15 is 0 Å². The van der Waals surface area contributed by atoms with Gasteiger partial charge in [0.2, 0.25) is 11.8 Å². The lowest BCUT2D eigenvalue weighted by atomic mass is 10.5. The molecule has 0 aliphatic heterocycles. The Morgan fingerprint density at radius 2 is 2.17 bits per heavy atom. The molecule has 0 radical (unpaired) electrons. The fraction of sp³-hybridized carbons (Fsp3) is 0.636. The number of aromatic nitrogens is 2. The minimum absolute atomic E-state index is 0.528. The van der Waals surface area contributed by atoms with Crippen LogP contribution in [0.3, 0.4) is 0 Å². The van der Waals surface area contributed by atoms with E-state index in [-0.39, 0.29) is 0 Å². The molecule has 1 N–H and O–H groups in total. The number of methoxy groups -OCH3 is 2. The van der Waals surface area contributed by atoms with Gasteiger partial charge in [0.05, 0.1) is 24.4 Å². The van der Waals surface area contributed by atoms with E-state index in [0.29, 0.717) is 11.8 Å². The lowest BCUT2D eigenvalue weighted by Gasteiger charge is -2.16. The van der Waals surface area contributed by atoms with E-state index in [0.717, 1.165) is 30.7 Å². The average molecular weight is 319 g/mol. The third-order valence-corrected chi connectivity index (χ3v) is 2.90. The molecule has 1 aromatic heterocycles. The Labute approximate surface area is 116 Å². The number of nitrogens with zero attached hydrogens (tertiary/aromatic N) is 3. The Morgan fingerprint density at radius 1 is 1.39 bits per heavy atom. The molecule has 0 saturated carbocycles. The lowest BCUT2D eigenvalue weighted by molar-refractivity contribution is 0.163. The minimum Gasteiger partial charge on any atom is -0.480 e. The van der Waals surface area contributed by atoms with Gasteiger partial charge >= 0.3 is 0 Å². The molecule has 18 heavy (non-hydrogen) atoms. The van der Waals surface area contributed by atoms with Gasteiger partial charge in [-0.2, -0.15) is 4.98 Å². The SMILES string of the molecule is COCCN(C)CCNc1ncc(Br)c(OC)n1. The first-order valence-corrected chi connectivity index (χ1v) is 6.44. The summed E-state index contributed by atoms with van der Waals surface area (Å²) in [5, 5.41) is 3.15. The molecular formula is C11H19BrN4O2. The summed E-state index contributed by atoms with van der Waals surface area (Å²) in [4.78, 5) is 10.5. The second kappa shape index (κ2) is 8.23. The highest BCUT2D eigenvalue weighted by Crippen LogP contribution is 2.21. The van der Waals surface area contributed by atoms with E-state index in [4.69, 9.17) is 9.47 Å². The van der Waals surface area contributed by atoms with Crippen LogP contribution in [0.2, 0.25) is 0 Å². The third-order valence-electron chi connectivity index (χ3n) is 2.36. The summed E-state index contributed by atoms with van der Waals surface area (Å²) in [6.07, 6.45) is 1.67. The van der Waals surface area contributed by atoms with Crippen molar-refractivity contribution in [1.29, 1.82) is 0 Å². The Hall–Kier alpha value is -0.920. The Morgan fingerprint density at radius 3 is 2.83 bits per heavy atom. The number of rotatable bonds is 8. The van der Waals surface area contributed by atoms with E-state index < -0.39 is 0 Å². The molecule has 102 valence electrons. The molecule has 7 heteroatoms. The van der Waals surface area contributed by atoms with Gasteiger partial charge in [0.15, 0.2) is 0 Å². The van der Waals surface area contributed by atoms with Crippen molar-refractivity contribution in [2.24, 2.45) is 0 Å². The molecule has 0 spiro atoms. The fourth-order valence-electron chi connectivity index (χ4n) is 1.30. The van der Waals surface area contributed by atoms with Crippen molar-refractivity contribution in [1.82, 2.24) is 14.9 Å². The predicted octanol–water partition coefficient (Wildman–Crippen LogP) is 1.24. The van der Waals surface area contributed by atoms with Gasteiger partial charge < -0.3 is 19.7 Å². The van der Waals surface area contributed by atoms with E-state index in [2.05, 4.69) is 36.1 Å². The Bertz CT molecular complexity index is 365. The highest BCUT2D eigenvalue weighted by Gasteiger charge is 2.04. The molecule has 0 bridgehead atoms. The first-order chi connectivity index (χ1) is 8.67. The van der Waals surface area contributed by atoms with Gasteiger partial charge in [0.1, 0.15) is 0 Å². The number of nitrogens with one attached hydrogen (secondary N) is 1. The number of halogens is 1. The maximum Gasteiger partial charge on any atom is 0.232 e. The smallest absolute Gasteiger partial charge is 0.232 e. The topological polar surface area (TPSA) is 59.5 Å². The third kappa shape index (κ3) is 5.16. The van der Waals surface area contributed by atoms with Gasteiger partial charge in [0.25, 0.3) is 0 Å². The molecule has 1 heterocycles. The highest BCUT2D eigenvalue weighted by molar-refractivity contribution is 9.10. The van der Waals surface area contributed by atoms with Gasteiger partial charge in [-0.15, -0.1) is 0 Å². The van der Waals surface area contributed by atoms with Crippen LogP contribution in [0.4, 0.5) is 5.95 Å². The van der Waals surface area contributed by atoms with Gasteiger partial charge in [0, 0.05) is 26.7 Å². The fourth-order valence-corrected chi connectivity index (χ4v) is 1.65. The van der Waals surface area contributed by atoms with Gasteiger partial charge in [-0.3, -0.25) is 0 Å². The summed E-state index contributed by atoms with van der Waals surface area (Å²) in [6, 6.07) is 0. The van der Waals surface area contributed by atoms with E-state index in [1.807, 2.05) is 7.05 Å². The number of ether oxygens (including phenoxy) is 2. The maximum absolute atomic E-state index is 5.10. The molecule has 0 aliphatic carbocycles. The predicted molar refractivity (Wildman–Crippen MR) is 74.1 cm³/mol. The summed E-state index contributed by atoms with van der Waals surface area (Å²) in [6.45, 7) is 3.30. The largest absolute Gasteiger partial charge is 0.480 e. The average Bonchev–Trinajstić information content (AvgIpc) is 2.38. The van der Waals surface area contributed by atoms with Crippen LogP contribution in [-0.2, 0) is 4.74 Å². The van der Waals surface area contributed by atoms with Crippen LogP contribution in [0.1, 0.15) is 0 Å². The summed E-state index contributed by atoms with van der Waals surface area (Å²) in [7, 11) is 5.33. The molecule has 1 aromatic rings. The number of hydrogen-bond donors (Lipinski definition) is 1. The molecule has 0 atom stereocenters. The molecule has 0 aromatic carbocycles. The zero-order valence-corrected chi connectivity index (χ0v) is 12.5. The summed E-state index contributed by atoms with van der Waals surface area (Å²) in [5.41, 5.74) is 0. The first-order valence-electron chi connectivity index (χ1n) is 5.65. The molecule has 1 rings (SSSR count). The Balaban J connectivity index is 2.35. The maximum atomic E-state index is 5.10. The van der Waals surface area contributed by atoms with Crippen LogP contribution in [0.15, 0.2) is 10.7 Å². The van der Waals surface area contributed by atoms with Gasteiger partial charge in [-0.05, 0) is 23.0 Å². The highest BCUT2D eigenvalue weighted by atomic mass is 79.9. The van der Waals surface area contributed by atoms with Crippen LogP contribution in [0.5, 0.6) is 5.88 Å². The summed E-state index contributed by atoms with van der Waals surface area (Å²) >= 11 is 3.31. The lowest BCUT2D eigenvalue weighted by Crippen LogP contribution is -2.28. The number of anilines is 1. The quantitative estimate of drug-likeness (QED) is 0.778. The van der Waals surface area contributed by atoms with E-state index in [1.165, 1.54) is 0 Å². The molecule has 0 amide bonds. The van der Waals surface area contributed by atoms with Crippen LogP contribution < -0.4 is 10.1 Å². The number of likely N-dealkylation sites (N-methyl/N-ethyl adjacent to an activating group) is 1.